The van der Waals surface area contributed by atoms with Crippen LogP contribution in [0.4, 0.5) is 5.13 Å². The Labute approximate surface area is 173 Å². The number of benzene rings is 1. The van der Waals surface area contributed by atoms with Gasteiger partial charge in [-0.15, -0.1) is 23.7 Å². The Morgan fingerprint density at radius 1 is 1.15 bits per heavy atom. The molecule has 2 aromatic heterocycles. The van der Waals surface area contributed by atoms with Crippen molar-refractivity contribution in [1.29, 1.82) is 0 Å². The Hall–Kier alpha value is -1.74. The maximum absolute atomic E-state index is 13.2. The molecule has 0 saturated heterocycles. The lowest BCUT2D eigenvalue weighted by Gasteiger charge is -2.21. The van der Waals surface area contributed by atoms with E-state index in [4.69, 9.17) is 4.74 Å². The van der Waals surface area contributed by atoms with Crippen molar-refractivity contribution in [2.75, 3.05) is 39.2 Å². The summed E-state index contributed by atoms with van der Waals surface area (Å²) in [6.45, 7) is 5.12. The molecule has 1 aromatic carbocycles. The maximum Gasteiger partial charge on any atom is 0.272 e. The second-order valence-corrected chi connectivity index (χ2v) is 8.45. The number of aryl methyl sites for hydroxylation is 2. The van der Waals surface area contributed by atoms with Crippen molar-refractivity contribution in [3.63, 3.8) is 0 Å². The minimum Gasteiger partial charge on any atom is -0.497 e. The van der Waals surface area contributed by atoms with Gasteiger partial charge in [-0.2, -0.15) is 0 Å². The fraction of sp³-hybridized carbons (Fsp3) is 0.389. The van der Waals surface area contributed by atoms with Crippen LogP contribution in [0.3, 0.4) is 0 Å². The smallest absolute Gasteiger partial charge is 0.272 e. The molecule has 3 aromatic rings. The van der Waals surface area contributed by atoms with Crippen molar-refractivity contribution in [1.82, 2.24) is 14.9 Å². The number of carbonyl (C=O) groups is 1. The zero-order valence-corrected chi connectivity index (χ0v) is 18.4. The van der Waals surface area contributed by atoms with E-state index in [1.165, 1.54) is 22.7 Å². The zero-order chi connectivity index (χ0) is 18.8. The summed E-state index contributed by atoms with van der Waals surface area (Å²) in [6, 6.07) is 5.76. The number of halogens is 1. The van der Waals surface area contributed by atoms with Crippen LogP contribution in [0.15, 0.2) is 18.2 Å². The zero-order valence-electron chi connectivity index (χ0n) is 16.0. The summed E-state index contributed by atoms with van der Waals surface area (Å²) in [6.07, 6.45) is 0. The van der Waals surface area contributed by atoms with Crippen LogP contribution in [0, 0.1) is 13.8 Å². The van der Waals surface area contributed by atoms with Crippen molar-refractivity contribution >= 4 is 56.3 Å². The molecule has 0 aliphatic carbocycles. The van der Waals surface area contributed by atoms with Crippen LogP contribution >= 0.6 is 35.1 Å². The van der Waals surface area contributed by atoms with E-state index in [2.05, 4.69) is 14.9 Å². The minimum absolute atomic E-state index is 0. The number of hydrogen-bond acceptors (Lipinski definition) is 7. The van der Waals surface area contributed by atoms with Gasteiger partial charge in [0.2, 0.25) is 0 Å². The number of amides is 1. The maximum atomic E-state index is 13.2. The van der Waals surface area contributed by atoms with Crippen molar-refractivity contribution in [2.45, 2.75) is 13.8 Å². The molecule has 146 valence electrons. The fourth-order valence-corrected chi connectivity index (χ4v) is 4.46. The largest absolute Gasteiger partial charge is 0.497 e. The molecule has 0 atom stereocenters. The predicted octanol–water partition coefficient (Wildman–Crippen LogP) is 4.01. The number of methoxy groups -OCH3 is 1. The van der Waals surface area contributed by atoms with Gasteiger partial charge in [0.25, 0.3) is 5.91 Å². The van der Waals surface area contributed by atoms with Crippen LogP contribution in [0.1, 0.15) is 20.4 Å². The van der Waals surface area contributed by atoms with Gasteiger partial charge >= 0.3 is 0 Å². The monoisotopic (exact) mass is 426 g/mol. The van der Waals surface area contributed by atoms with Gasteiger partial charge in [0, 0.05) is 13.1 Å². The number of anilines is 1. The van der Waals surface area contributed by atoms with E-state index in [1.807, 2.05) is 46.1 Å². The first kappa shape index (κ1) is 21.6. The quantitative estimate of drug-likeness (QED) is 0.596. The van der Waals surface area contributed by atoms with Gasteiger partial charge in [-0.3, -0.25) is 9.69 Å². The van der Waals surface area contributed by atoms with E-state index < -0.39 is 0 Å². The highest BCUT2D eigenvalue weighted by molar-refractivity contribution is 7.22. The minimum atomic E-state index is -0.0408. The number of rotatable bonds is 6. The third-order valence-electron chi connectivity index (χ3n) is 3.93. The highest BCUT2D eigenvalue weighted by Gasteiger charge is 2.25. The Bertz CT molecular complexity index is 939. The molecule has 0 spiro atoms. The van der Waals surface area contributed by atoms with Gasteiger partial charge in [-0.1, -0.05) is 11.3 Å². The molecular formula is C18H23ClN4O2S2. The average Bonchev–Trinajstić information content (AvgIpc) is 3.16. The van der Waals surface area contributed by atoms with Gasteiger partial charge in [-0.05, 0) is 46.1 Å². The molecule has 0 saturated carbocycles. The molecular weight excluding hydrogens is 404 g/mol. The molecule has 9 heteroatoms. The number of nitrogens with zero attached hydrogens (tertiary/aromatic N) is 4. The molecule has 0 aliphatic rings. The molecule has 0 fully saturated rings. The normalized spacial score (nSPS) is 10.9. The number of ether oxygens (including phenoxy) is 1. The second-order valence-electron chi connectivity index (χ2n) is 6.24. The van der Waals surface area contributed by atoms with E-state index in [0.717, 1.165) is 33.2 Å². The first-order chi connectivity index (χ1) is 12.4. The number of aromatic nitrogens is 2. The lowest BCUT2D eigenvalue weighted by molar-refractivity contribution is 0.0988. The van der Waals surface area contributed by atoms with E-state index in [1.54, 1.807) is 12.0 Å². The van der Waals surface area contributed by atoms with Crippen LogP contribution in [-0.4, -0.2) is 55.1 Å². The Morgan fingerprint density at radius 3 is 2.48 bits per heavy atom. The molecule has 0 N–H and O–H groups in total. The first-order valence-electron chi connectivity index (χ1n) is 8.24. The van der Waals surface area contributed by atoms with E-state index >= 15 is 0 Å². The summed E-state index contributed by atoms with van der Waals surface area (Å²) in [5.41, 5.74) is 1.64. The molecule has 0 aliphatic heterocycles. The Balaban J connectivity index is 0.00000261. The third-order valence-corrected chi connectivity index (χ3v) is 6.03. The first-order valence-corrected chi connectivity index (χ1v) is 9.87. The van der Waals surface area contributed by atoms with Crippen LogP contribution in [0.5, 0.6) is 5.75 Å². The van der Waals surface area contributed by atoms with Crippen LogP contribution in [-0.2, 0) is 0 Å². The molecule has 3 rings (SSSR count). The van der Waals surface area contributed by atoms with Gasteiger partial charge in [0.05, 0.1) is 28.0 Å². The van der Waals surface area contributed by atoms with Gasteiger partial charge in [0.15, 0.2) is 5.13 Å². The highest BCUT2D eigenvalue weighted by Crippen LogP contribution is 2.33. The SMILES string of the molecule is COc1ccc2nc(N(CCN(C)C)C(=O)c3sc(C)nc3C)sc2c1.Cl. The van der Waals surface area contributed by atoms with Crippen LogP contribution in [0.2, 0.25) is 0 Å². The summed E-state index contributed by atoms with van der Waals surface area (Å²) in [5.74, 6) is 0.744. The van der Waals surface area contributed by atoms with Crippen LogP contribution in [0.25, 0.3) is 10.2 Å². The van der Waals surface area contributed by atoms with Gasteiger partial charge in [-0.25, -0.2) is 9.97 Å². The molecule has 6 nitrogen and oxygen atoms in total. The van der Waals surface area contributed by atoms with Crippen molar-refractivity contribution < 1.29 is 9.53 Å². The van der Waals surface area contributed by atoms with Crippen molar-refractivity contribution in [2.24, 2.45) is 0 Å². The number of thiazole rings is 2. The predicted molar refractivity (Wildman–Crippen MR) is 115 cm³/mol. The average molecular weight is 427 g/mol. The molecule has 1 amide bonds. The highest BCUT2D eigenvalue weighted by atomic mass is 35.5. The van der Waals surface area contributed by atoms with E-state index in [-0.39, 0.29) is 18.3 Å². The summed E-state index contributed by atoms with van der Waals surface area (Å²) in [5, 5.41) is 1.60. The van der Waals surface area contributed by atoms with Gasteiger partial charge in [0.1, 0.15) is 10.6 Å². The summed E-state index contributed by atoms with van der Waals surface area (Å²) in [4.78, 5) is 26.8. The number of carbonyl (C=O) groups excluding carboxylic acids is 1. The van der Waals surface area contributed by atoms with Gasteiger partial charge < -0.3 is 9.64 Å². The fourth-order valence-electron chi connectivity index (χ4n) is 2.57. The standard InChI is InChI=1S/C18H22N4O2S2.ClH/c1-11-16(25-12(2)19-11)17(23)22(9-8-21(3)4)18-20-14-7-6-13(24-5)10-15(14)26-18;/h6-7,10H,8-9H2,1-5H3;1H. The molecule has 2 heterocycles. The Morgan fingerprint density at radius 2 is 1.89 bits per heavy atom. The summed E-state index contributed by atoms with van der Waals surface area (Å²) in [7, 11) is 5.63. The molecule has 0 radical (unpaired) electrons. The third kappa shape index (κ3) is 4.76. The van der Waals surface area contributed by atoms with Crippen molar-refractivity contribution in [3.8, 4) is 5.75 Å². The molecule has 0 bridgehead atoms. The van der Waals surface area contributed by atoms with E-state index in [0.29, 0.717) is 16.6 Å². The molecule has 0 unspecified atom stereocenters. The number of hydrogen-bond donors (Lipinski definition) is 0. The van der Waals surface area contributed by atoms with Crippen LogP contribution < -0.4 is 9.64 Å². The topological polar surface area (TPSA) is 58.6 Å². The second kappa shape index (κ2) is 8.97. The summed E-state index contributed by atoms with van der Waals surface area (Å²) < 4.78 is 6.29. The summed E-state index contributed by atoms with van der Waals surface area (Å²) >= 11 is 2.94. The van der Waals surface area contributed by atoms with Crippen molar-refractivity contribution in [3.05, 3.63) is 33.8 Å². The lowest BCUT2D eigenvalue weighted by atomic mass is 10.3. The lowest BCUT2D eigenvalue weighted by Crippen LogP contribution is -2.36. The van der Waals surface area contributed by atoms with E-state index in [9.17, 15) is 4.79 Å². The number of fused-ring (bicyclic) bond motifs is 1. The molecule has 27 heavy (non-hydrogen) atoms. The number of likely N-dealkylation sites (N-methyl/N-ethyl adjacent to an activating group) is 1. The Kier molecular flexibility index (Phi) is 7.16.